The van der Waals surface area contributed by atoms with Gasteiger partial charge in [0.2, 0.25) is 5.91 Å². The first-order valence-electron chi connectivity index (χ1n) is 9.32. The van der Waals surface area contributed by atoms with E-state index in [2.05, 4.69) is 20.9 Å². The van der Waals surface area contributed by atoms with Crippen molar-refractivity contribution in [3.8, 4) is 0 Å². The number of nitrogens with one attached hydrogen (secondary N) is 3. The third kappa shape index (κ3) is 7.85. The van der Waals surface area contributed by atoms with Crippen LogP contribution in [0.4, 0.5) is 18.9 Å². The van der Waals surface area contributed by atoms with Crippen LogP contribution in [0, 0.1) is 0 Å². The Bertz CT molecular complexity index is 833. The molecule has 0 atom stereocenters. The van der Waals surface area contributed by atoms with Crippen molar-refractivity contribution in [3.05, 3.63) is 65.2 Å². The van der Waals surface area contributed by atoms with Crippen molar-refractivity contribution in [2.75, 3.05) is 18.4 Å². The first-order chi connectivity index (χ1) is 13.8. The summed E-state index contributed by atoms with van der Waals surface area (Å²) in [6, 6.07) is 12.7. The summed E-state index contributed by atoms with van der Waals surface area (Å²) in [6.07, 6.45) is -3.63. The molecule has 0 spiro atoms. The zero-order chi connectivity index (χ0) is 21.3. The van der Waals surface area contributed by atoms with Gasteiger partial charge in [0, 0.05) is 25.7 Å². The van der Waals surface area contributed by atoms with E-state index in [1.807, 2.05) is 31.2 Å². The zero-order valence-electron chi connectivity index (χ0n) is 16.4. The molecule has 2 aromatic rings. The summed E-state index contributed by atoms with van der Waals surface area (Å²) >= 11 is 0. The number of benzene rings is 2. The van der Waals surface area contributed by atoms with Crippen LogP contribution >= 0.6 is 0 Å². The normalized spacial score (nSPS) is 11.8. The summed E-state index contributed by atoms with van der Waals surface area (Å²) in [6.45, 7) is 4.76. The second-order valence-corrected chi connectivity index (χ2v) is 6.45. The number of nitrogens with zero attached hydrogens (tertiary/aromatic N) is 1. The van der Waals surface area contributed by atoms with Gasteiger partial charge in [0.05, 0.1) is 12.1 Å². The predicted molar refractivity (Wildman–Crippen MR) is 109 cm³/mol. The summed E-state index contributed by atoms with van der Waals surface area (Å²) in [4.78, 5) is 15.4. The molecule has 1 amide bonds. The summed E-state index contributed by atoms with van der Waals surface area (Å²) in [5.41, 5.74) is 1.64. The number of carbonyl (C=O) groups excluding carboxylic acids is 1. The molecule has 0 aliphatic heterocycles. The van der Waals surface area contributed by atoms with Gasteiger partial charge in [-0.3, -0.25) is 4.79 Å². The Morgan fingerprint density at radius 3 is 2.38 bits per heavy atom. The van der Waals surface area contributed by atoms with Crippen LogP contribution in [0.3, 0.4) is 0 Å². The smallest absolute Gasteiger partial charge is 0.357 e. The van der Waals surface area contributed by atoms with Crippen molar-refractivity contribution in [2.24, 2.45) is 4.99 Å². The van der Waals surface area contributed by atoms with Crippen molar-refractivity contribution in [1.82, 2.24) is 10.6 Å². The van der Waals surface area contributed by atoms with Crippen molar-refractivity contribution < 1.29 is 18.0 Å². The summed E-state index contributed by atoms with van der Waals surface area (Å²) in [5.74, 6) is 0.423. The van der Waals surface area contributed by atoms with Gasteiger partial charge >= 0.3 is 6.18 Å². The van der Waals surface area contributed by atoms with E-state index in [1.165, 1.54) is 13.0 Å². The maximum atomic E-state index is 12.8. The maximum absolute atomic E-state index is 12.8. The van der Waals surface area contributed by atoms with Crippen LogP contribution in [0.15, 0.2) is 53.5 Å². The fraction of sp³-hybridized carbons (Fsp3) is 0.333. The van der Waals surface area contributed by atoms with Gasteiger partial charge < -0.3 is 16.0 Å². The minimum Gasteiger partial charge on any atom is -0.357 e. The largest absolute Gasteiger partial charge is 0.416 e. The van der Waals surface area contributed by atoms with E-state index in [9.17, 15) is 18.0 Å². The Morgan fingerprint density at radius 2 is 1.76 bits per heavy atom. The highest BCUT2D eigenvalue weighted by Crippen LogP contribution is 2.29. The van der Waals surface area contributed by atoms with E-state index in [-0.39, 0.29) is 12.5 Å². The first kappa shape index (κ1) is 22.3. The molecule has 0 aromatic heterocycles. The van der Waals surface area contributed by atoms with Crippen LogP contribution in [-0.4, -0.2) is 25.0 Å². The average molecular weight is 406 g/mol. The Labute approximate surface area is 168 Å². The second kappa shape index (κ2) is 10.5. The molecule has 29 heavy (non-hydrogen) atoms. The number of alkyl halides is 3. The van der Waals surface area contributed by atoms with Crippen molar-refractivity contribution >= 4 is 17.6 Å². The number of guanidine groups is 1. The molecule has 5 nitrogen and oxygen atoms in total. The molecule has 2 aromatic carbocycles. The number of halogens is 3. The van der Waals surface area contributed by atoms with Crippen molar-refractivity contribution in [2.45, 2.75) is 33.0 Å². The molecule has 8 heteroatoms. The van der Waals surface area contributed by atoms with Gasteiger partial charge in [-0.15, -0.1) is 0 Å². The van der Waals surface area contributed by atoms with E-state index >= 15 is 0 Å². The van der Waals surface area contributed by atoms with Crippen LogP contribution in [0.5, 0.6) is 0 Å². The van der Waals surface area contributed by atoms with E-state index in [4.69, 9.17) is 0 Å². The maximum Gasteiger partial charge on any atom is 0.416 e. The molecule has 0 saturated heterocycles. The van der Waals surface area contributed by atoms with Gasteiger partial charge in [0.1, 0.15) is 0 Å². The van der Waals surface area contributed by atoms with E-state index in [0.29, 0.717) is 24.6 Å². The molecule has 0 radical (unpaired) electrons. The molecule has 0 fully saturated rings. The topological polar surface area (TPSA) is 65.5 Å². The quantitative estimate of drug-likeness (QED) is 0.482. The SMILES string of the molecule is CCNC(=NCc1cccc(C(F)(F)F)c1)NCCc1ccc(NC(C)=O)cc1. The molecule has 0 aliphatic rings. The molecule has 0 aliphatic carbocycles. The third-order valence-electron chi connectivity index (χ3n) is 4.00. The fourth-order valence-corrected chi connectivity index (χ4v) is 2.64. The number of anilines is 1. The molecule has 3 N–H and O–H groups in total. The summed E-state index contributed by atoms with van der Waals surface area (Å²) in [7, 11) is 0. The molecule has 0 bridgehead atoms. The highest BCUT2D eigenvalue weighted by atomic mass is 19.4. The van der Waals surface area contributed by atoms with Crippen LogP contribution in [-0.2, 0) is 23.9 Å². The average Bonchev–Trinajstić information content (AvgIpc) is 2.66. The molecule has 156 valence electrons. The highest BCUT2D eigenvalue weighted by Gasteiger charge is 2.30. The van der Waals surface area contributed by atoms with Gasteiger partial charge in [-0.2, -0.15) is 13.2 Å². The van der Waals surface area contributed by atoms with Gasteiger partial charge in [-0.1, -0.05) is 24.3 Å². The monoisotopic (exact) mass is 406 g/mol. The Morgan fingerprint density at radius 1 is 1.03 bits per heavy atom. The first-order valence-corrected chi connectivity index (χ1v) is 9.32. The molecule has 0 unspecified atom stereocenters. The predicted octanol–water partition coefficient (Wildman–Crippen LogP) is 3.96. The fourth-order valence-electron chi connectivity index (χ4n) is 2.64. The number of aliphatic imine (C=N–C) groups is 1. The summed E-state index contributed by atoms with van der Waals surface area (Å²) in [5, 5.41) is 8.98. The van der Waals surface area contributed by atoms with Crippen LogP contribution in [0.1, 0.15) is 30.5 Å². The van der Waals surface area contributed by atoms with Crippen LogP contribution in [0.25, 0.3) is 0 Å². The number of hydrogen-bond donors (Lipinski definition) is 3. The lowest BCUT2D eigenvalue weighted by atomic mass is 10.1. The van der Waals surface area contributed by atoms with Crippen LogP contribution < -0.4 is 16.0 Å². The van der Waals surface area contributed by atoms with Crippen molar-refractivity contribution in [1.29, 1.82) is 0 Å². The lowest BCUT2D eigenvalue weighted by molar-refractivity contribution is -0.137. The van der Waals surface area contributed by atoms with Gasteiger partial charge in [-0.05, 0) is 48.7 Å². The van der Waals surface area contributed by atoms with Gasteiger partial charge in [0.15, 0.2) is 5.96 Å². The zero-order valence-corrected chi connectivity index (χ0v) is 16.4. The number of rotatable bonds is 7. The minimum atomic E-state index is -4.36. The highest BCUT2D eigenvalue weighted by molar-refractivity contribution is 5.88. The second-order valence-electron chi connectivity index (χ2n) is 6.45. The van der Waals surface area contributed by atoms with E-state index in [1.54, 1.807) is 6.07 Å². The molecular weight excluding hydrogens is 381 g/mol. The number of hydrogen-bond acceptors (Lipinski definition) is 2. The Balaban J connectivity index is 1.91. The van der Waals surface area contributed by atoms with Gasteiger partial charge in [0.25, 0.3) is 0 Å². The molecule has 0 heterocycles. The van der Waals surface area contributed by atoms with Crippen molar-refractivity contribution in [3.63, 3.8) is 0 Å². The third-order valence-corrected chi connectivity index (χ3v) is 4.00. The van der Waals surface area contributed by atoms with E-state index in [0.717, 1.165) is 29.8 Å². The summed E-state index contributed by atoms with van der Waals surface area (Å²) < 4.78 is 38.5. The number of carbonyl (C=O) groups is 1. The Hall–Kier alpha value is -3.03. The molecule has 0 saturated carbocycles. The lowest BCUT2D eigenvalue weighted by Crippen LogP contribution is -2.38. The molecular formula is C21H25F3N4O. The molecule has 2 rings (SSSR count). The van der Waals surface area contributed by atoms with Crippen LogP contribution in [0.2, 0.25) is 0 Å². The standard InChI is InChI=1S/C21H25F3N4O/c1-3-25-20(27-14-17-5-4-6-18(13-17)21(22,23)24)26-12-11-16-7-9-19(10-8-16)28-15(2)29/h4-10,13H,3,11-12,14H2,1-2H3,(H,28,29)(H2,25,26,27). The Kier molecular flexibility index (Phi) is 8.06. The van der Waals surface area contributed by atoms with Gasteiger partial charge in [-0.25, -0.2) is 4.99 Å². The lowest BCUT2D eigenvalue weighted by Gasteiger charge is -2.12. The minimum absolute atomic E-state index is 0.119. The number of amides is 1. The van der Waals surface area contributed by atoms with E-state index < -0.39 is 11.7 Å².